The molecule has 0 unspecified atom stereocenters. The Morgan fingerprint density at radius 3 is 2.22 bits per heavy atom. The Hall–Kier alpha value is -3.14. The Kier molecular flexibility index (Phi) is 3.27. The van der Waals surface area contributed by atoms with Gasteiger partial charge in [-0.05, 0) is 54.4 Å². The highest BCUT2D eigenvalue weighted by Gasteiger charge is 2.04. The summed E-state index contributed by atoms with van der Waals surface area (Å²) in [6.07, 6.45) is 2.05. The Labute approximate surface area is 134 Å². The minimum absolute atomic E-state index is 0.821. The van der Waals surface area contributed by atoms with Gasteiger partial charge in [-0.1, -0.05) is 30.3 Å². The molecule has 0 fully saturated rings. The molecule has 2 aromatic heterocycles. The lowest BCUT2D eigenvalue weighted by atomic mass is 10.1. The highest BCUT2D eigenvalue weighted by Crippen LogP contribution is 2.26. The van der Waals surface area contributed by atoms with Gasteiger partial charge in [0.15, 0.2) is 5.65 Å². The van der Waals surface area contributed by atoms with Crippen molar-refractivity contribution >= 4 is 5.65 Å². The lowest BCUT2D eigenvalue weighted by Crippen LogP contribution is -1.89. The van der Waals surface area contributed by atoms with Crippen LogP contribution in [0.25, 0.3) is 16.8 Å². The molecule has 0 N–H and O–H groups in total. The molecule has 0 aliphatic carbocycles. The third-order valence-electron chi connectivity index (χ3n) is 3.74. The van der Waals surface area contributed by atoms with E-state index >= 15 is 0 Å². The number of nitrogens with zero attached hydrogens (tertiary/aromatic N) is 3. The Bertz CT molecular complexity index is 943. The second-order valence-corrected chi connectivity index (χ2v) is 5.33. The SMILES string of the molecule is Cc1nnc2ccc(-c3ccc(Oc4ccccc4)cc3)cn12. The van der Waals surface area contributed by atoms with Crippen molar-refractivity contribution in [2.75, 3.05) is 0 Å². The summed E-state index contributed by atoms with van der Waals surface area (Å²) in [4.78, 5) is 0. The highest BCUT2D eigenvalue weighted by molar-refractivity contribution is 5.65. The van der Waals surface area contributed by atoms with Crippen LogP contribution in [0, 0.1) is 6.92 Å². The standard InChI is InChI=1S/C19H15N3O/c1-14-20-21-19-12-9-16(13-22(14)19)15-7-10-18(11-8-15)23-17-5-3-2-4-6-17/h2-13H,1H3. The maximum Gasteiger partial charge on any atom is 0.160 e. The smallest absolute Gasteiger partial charge is 0.160 e. The molecule has 0 atom stereocenters. The van der Waals surface area contributed by atoms with Gasteiger partial charge in [-0.15, -0.1) is 10.2 Å². The van der Waals surface area contributed by atoms with Crippen LogP contribution in [0.3, 0.4) is 0 Å². The maximum atomic E-state index is 5.82. The monoisotopic (exact) mass is 301 g/mol. The van der Waals surface area contributed by atoms with Gasteiger partial charge in [0.1, 0.15) is 17.3 Å². The molecule has 2 heterocycles. The van der Waals surface area contributed by atoms with Crippen LogP contribution in [0.4, 0.5) is 0 Å². The first kappa shape index (κ1) is 13.5. The number of benzene rings is 2. The number of rotatable bonds is 3. The van der Waals surface area contributed by atoms with Crippen molar-refractivity contribution in [3.63, 3.8) is 0 Å². The summed E-state index contributed by atoms with van der Waals surface area (Å²) >= 11 is 0. The van der Waals surface area contributed by atoms with Crippen LogP contribution >= 0.6 is 0 Å². The average molecular weight is 301 g/mol. The molecule has 4 aromatic rings. The van der Waals surface area contributed by atoms with Crippen LogP contribution in [0.5, 0.6) is 11.5 Å². The molecule has 112 valence electrons. The summed E-state index contributed by atoms with van der Waals surface area (Å²) in [6.45, 7) is 1.95. The molecule has 2 aromatic carbocycles. The van der Waals surface area contributed by atoms with Gasteiger partial charge < -0.3 is 4.74 Å². The Morgan fingerprint density at radius 2 is 1.43 bits per heavy atom. The quantitative estimate of drug-likeness (QED) is 0.559. The number of hydrogen-bond acceptors (Lipinski definition) is 3. The molecule has 4 rings (SSSR count). The van der Waals surface area contributed by atoms with Gasteiger partial charge in [-0.25, -0.2) is 0 Å². The third-order valence-corrected chi connectivity index (χ3v) is 3.74. The van der Waals surface area contributed by atoms with E-state index in [-0.39, 0.29) is 0 Å². The molecule has 0 bridgehead atoms. The first-order valence-corrected chi connectivity index (χ1v) is 7.44. The molecule has 0 amide bonds. The topological polar surface area (TPSA) is 39.4 Å². The lowest BCUT2D eigenvalue weighted by Gasteiger charge is -2.07. The number of aryl methyl sites for hydroxylation is 1. The van der Waals surface area contributed by atoms with Gasteiger partial charge in [0.05, 0.1) is 0 Å². The predicted molar refractivity (Wildman–Crippen MR) is 89.7 cm³/mol. The molecular weight excluding hydrogens is 286 g/mol. The van der Waals surface area contributed by atoms with E-state index < -0.39 is 0 Å². The molecule has 23 heavy (non-hydrogen) atoms. The van der Waals surface area contributed by atoms with Gasteiger partial charge in [0, 0.05) is 6.20 Å². The van der Waals surface area contributed by atoms with E-state index in [2.05, 4.69) is 34.6 Å². The molecular formula is C19H15N3O. The summed E-state index contributed by atoms with van der Waals surface area (Å²) in [5, 5.41) is 8.19. The summed E-state index contributed by atoms with van der Waals surface area (Å²) < 4.78 is 7.81. The van der Waals surface area contributed by atoms with Gasteiger partial charge in [0.2, 0.25) is 0 Å². The van der Waals surface area contributed by atoms with Gasteiger partial charge >= 0.3 is 0 Å². The summed E-state index contributed by atoms with van der Waals surface area (Å²) in [6, 6.07) is 21.9. The second-order valence-electron chi connectivity index (χ2n) is 5.33. The largest absolute Gasteiger partial charge is 0.457 e. The van der Waals surface area contributed by atoms with Crippen LogP contribution in [0.15, 0.2) is 72.9 Å². The fraction of sp³-hybridized carbons (Fsp3) is 0.0526. The van der Waals surface area contributed by atoms with Crippen molar-refractivity contribution < 1.29 is 4.74 Å². The van der Waals surface area contributed by atoms with Crippen molar-refractivity contribution in [1.82, 2.24) is 14.6 Å². The molecule has 0 aliphatic rings. The molecule has 0 saturated heterocycles. The van der Waals surface area contributed by atoms with Gasteiger partial charge in [-0.2, -0.15) is 0 Å². The summed E-state index contributed by atoms with van der Waals surface area (Å²) in [5.41, 5.74) is 3.10. The zero-order chi connectivity index (χ0) is 15.6. The van der Waals surface area contributed by atoms with Crippen LogP contribution in [-0.4, -0.2) is 14.6 Å². The maximum absolute atomic E-state index is 5.82. The zero-order valence-corrected chi connectivity index (χ0v) is 12.7. The number of fused-ring (bicyclic) bond motifs is 1. The first-order valence-electron chi connectivity index (χ1n) is 7.44. The molecule has 0 spiro atoms. The fourth-order valence-corrected chi connectivity index (χ4v) is 2.52. The van der Waals surface area contributed by atoms with E-state index in [1.54, 1.807) is 0 Å². The lowest BCUT2D eigenvalue weighted by molar-refractivity contribution is 0.483. The third kappa shape index (κ3) is 2.66. The van der Waals surface area contributed by atoms with Crippen molar-refractivity contribution in [2.45, 2.75) is 6.92 Å². The summed E-state index contributed by atoms with van der Waals surface area (Å²) in [5.74, 6) is 2.54. The first-order chi connectivity index (χ1) is 11.3. The van der Waals surface area contributed by atoms with E-state index in [0.29, 0.717) is 0 Å². The van der Waals surface area contributed by atoms with Crippen molar-refractivity contribution in [2.24, 2.45) is 0 Å². The zero-order valence-electron chi connectivity index (χ0n) is 12.7. The van der Waals surface area contributed by atoms with Crippen molar-refractivity contribution in [3.8, 4) is 22.6 Å². The predicted octanol–water partition coefficient (Wildman–Crippen LogP) is 4.50. The van der Waals surface area contributed by atoms with Crippen molar-refractivity contribution in [3.05, 3.63) is 78.8 Å². The van der Waals surface area contributed by atoms with Crippen LogP contribution < -0.4 is 4.74 Å². The van der Waals surface area contributed by atoms with Crippen LogP contribution in [0.2, 0.25) is 0 Å². The average Bonchev–Trinajstić information content (AvgIpc) is 2.97. The van der Waals surface area contributed by atoms with E-state index in [1.165, 1.54) is 0 Å². The Morgan fingerprint density at radius 1 is 0.739 bits per heavy atom. The number of aromatic nitrogens is 3. The molecule has 4 heteroatoms. The van der Waals surface area contributed by atoms with Crippen LogP contribution in [-0.2, 0) is 0 Å². The Balaban J connectivity index is 1.62. The van der Waals surface area contributed by atoms with Gasteiger partial charge in [0.25, 0.3) is 0 Å². The molecule has 0 saturated carbocycles. The number of para-hydroxylation sites is 1. The van der Waals surface area contributed by atoms with E-state index in [0.717, 1.165) is 34.1 Å². The van der Waals surface area contributed by atoms with Gasteiger partial charge in [-0.3, -0.25) is 4.40 Å². The normalized spacial score (nSPS) is 10.8. The van der Waals surface area contributed by atoms with Crippen LogP contribution in [0.1, 0.15) is 5.82 Å². The van der Waals surface area contributed by atoms with E-state index in [1.807, 2.05) is 59.9 Å². The second kappa shape index (κ2) is 5.57. The van der Waals surface area contributed by atoms with E-state index in [9.17, 15) is 0 Å². The molecule has 0 radical (unpaired) electrons. The number of hydrogen-bond donors (Lipinski definition) is 0. The highest BCUT2D eigenvalue weighted by atomic mass is 16.5. The number of ether oxygens (including phenoxy) is 1. The minimum atomic E-state index is 0.821. The van der Waals surface area contributed by atoms with Crippen molar-refractivity contribution in [1.29, 1.82) is 0 Å². The summed E-state index contributed by atoms with van der Waals surface area (Å²) in [7, 11) is 0. The van der Waals surface area contributed by atoms with E-state index in [4.69, 9.17) is 4.74 Å². The molecule has 4 nitrogen and oxygen atoms in total. The minimum Gasteiger partial charge on any atom is -0.457 e. The number of pyridine rings is 1. The molecule has 0 aliphatic heterocycles. The fourth-order valence-electron chi connectivity index (χ4n) is 2.52.